The first-order chi connectivity index (χ1) is 9.31. The Balaban J connectivity index is 2.17. The Morgan fingerprint density at radius 1 is 1.21 bits per heavy atom. The van der Waals surface area contributed by atoms with Crippen LogP contribution in [-0.4, -0.2) is 16.1 Å². The summed E-state index contributed by atoms with van der Waals surface area (Å²) in [7, 11) is 2.07. The molecule has 0 amide bonds. The first kappa shape index (κ1) is 11.9. The Labute approximate surface area is 112 Å². The molecule has 0 fully saturated rings. The number of hydrogen-bond acceptors (Lipinski definition) is 2. The Morgan fingerprint density at radius 3 is 2.79 bits per heavy atom. The minimum Gasteiger partial charge on any atom is -0.350 e. The largest absolute Gasteiger partial charge is 0.350 e. The van der Waals surface area contributed by atoms with Crippen LogP contribution in [0.15, 0.2) is 55.0 Å². The zero-order chi connectivity index (χ0) is 13.2. The van der Waals surface area contributed by atoms with Gasteiger partial charge in [0, 0.05) is 49.0 Å². The van der Waals surface area contributed by atoms with Crippen LogP contribution in [0, 0.1) is 0 Å². The molecule has 0 bridgehead atoms. The number of pyridine rings is 1. The van der Waals surface area contributed by atoms with Gasteiger partial charge in [-0.3, -0.25) is 4.98 Å². The van der Waals surface area contributed by atoms with Gasteiger partial charge in [0.2, 0.25) is 0 Å². The van der Waals surface area contributed by atoms with E-state index >= 15 is 0 Å². The zero-order valence-electron chi connectivity index (χ0n) is 11.0. The van der Waals surface area contributed by atoms with Crippen LogP contribution in [0.3, 0.4) is 0 Å². The molecule has 19 heavy (non-hydrogen) atoms. The number of nitrogens with zero attached hydrogens (tertiary/aromatic N) is 2. The molecule has 1 unspecified atom stereocenters. The van der Waals surface area contributed by atoms with Crippen molar-refractivity contribution < 1.29 is 0 Å². The van der Waals surface area contributed by atoms with Crippen LogP contribution in [0.5, 0.6) is 0 Å². The van der Waals surface area contributed by atoms with Gasteiger partial charge in [0.1, 0.15) is 0 Å². The Kier molecular flexibility index (Phi) is 3.05. The highest BCUT2D eigenvalue weighted by Crippen LogP contribution is 2.30. The van der Waals surface area contributed by atoms with E-state index in [9.17, 15) is 0 Å². The van der Waals surface area contributed by atoms with Gasteiger partial charge in [-0.15, -0.1) is 0 Å². The SMILES string of the molecule is Cn1cc(C(CN)c2cccnc2)c2ccccc21. The van der Waals surface area contributed by atoms with Crippen LogP contribution in [0.25, 0.3) is 10.9 Å². The molecule has 96 valence electrons. The molecule has 1 aromatic carbocycles. The average Bonchev–Trinajstić information content (AvgIpc) is 2.79. The van der Waals surface area contributed by atoms with E-state index in [-0.39, 0.29) is 5.92 Å². The van der Waals surface area contributed by atoms with Crippen LogP contribution in [0.4, 0.5) is 0 Å². The smallest absolute Gasteiger partial charge is 0.0480 e. The number of aromatic nitrogens is 2. The summed E-state index contributed by atoms with van der Waals surface area (Å²) < 4.78 is 2.16. The maximum atomic E-state index is 6.00. The lowest BCUT2D eigenvalue weighted by Gasteiger charge is -2.14. The fourth-order valence-electron chi connectivity index (χ4n) is 2.68. The number of para-hydroxylation sites is 1. The third-order valence-corrected chi connectivity index (χ3v) is 3.63. The van der Waals surface area contributed by atoms with Gasteiger partial charge in [-0.2, -0.15) is 0 Å². The summed E-state index contributed by atoms with van der Waals surface area (Å²) >= 11 is 0. The molecule has 3 rings (SSSR count). The Morgan fingerprint density at radius 2 is 2.05 bits per heavy atom. The standard InChI is InChI=1S/C16H17N3/c1-19-11-15(13-6-2-3-7-16(13)19)14(9-17)12-5-4-8-18-10-12/h2-8,10-11,14H,9,17H2,1H3. The van der Waals surface area contributed by atoms with Crippen molar-refractivity contribution in [3.63, 3.8) is 0 Å². The molecule has 2 heterocycles. The van der Waals surface area contributed by atoms with Crippen molar-refractivity contribution in [3.8, 4) is 0 Å². The summed E-state index contributed by atoms with van der Waals surface area (Å²) in [6.45, 7) is 0.583. The summed E-state index contributed by atoms with van der Waals surface area (Å²) in [4.78, 5) is 4.20. The summed E-state index contributed by atoms with van der Waals surface area (Å²) in [6, 6.07) is 12.5. The van der Waals surface area contributed by atoms with E-state index in [1.54, 1.807) is 6.20 Å². The van der Waals surface area contributed by atoms with Crippen LogP contribution >= 0.6 is 0 Å². The maximum absolute atomic E-state index is 6.00. The quantitative estimate of drug-likeness (QED) is 0.777. The molecule has 3 aromatic rings. The molecular weight excluding hydrogens is 234 g/mol. The normalized spacial score (nSPS) is 12.7. The highest BCUT2D eigenvalue weighted by molar-refractivity contribution is 5.85. The fourth-order valence-corrected chi connectivity index (χ4v) is 2.68. The topological polar surface area (TPSA) is 43.8 Å². The third-order valence-electron chi connectivity index (χ3n) is 3.63. The lowest BCUT2D eigenvalue weighted by Crippen LogP contribution is -2.13. The lowest BCUT2D eigenvalue weighted by molar-refractivity contribution is 0.811. The highest BCUT2D eigenvalue weighted by atomic mass is 14.9. The number of hydrogen-bond donors (Lipinski definition) is 1. The number of rotatable bonds is 3. The second kappa shape index (κ2) is 4.86. The molecule has 0 aliphatic carbocycles. The first-order valence-corrected chi connectivity index (χ1v) is 6.45. The summed E-state index contributed by atoms with van der Waals surface area (Å²) in [5.41, 5.74) is 9.68. The van der Waals surface area contributed by atoms with Gasteiger partial charge < -0.3 is 10.3 Å². The van der Waals surface area contributed by atoms with Crippen LogP contribution in [0.1, 0.15) is 17.0 Å². The monoisotopic (exact) mass is 251 g/mol. The van der Waals surface area contributed by atoms with E-state index in [0.29, 0.717) is 6.54 Å². The first-order valence-electron chi connectivity index (χ1n) is 6.45. The van der Waals surface area contributed by atoms with Gasteiger partial charge in [0.05, 0.1) is 0 Å². The van der Waals surface area contributed by atoms with Crippen LogP contribution in [-0.2, 0) is 7.05 Å². The van der Waals surface area contributed by atoms with Crippen molar-refractivity contribution in [1.82, 2.24) is 9.55 Å². The molecule has 0 radical (unpaired) electrons. The number of benzene rings is 1. The van der Waals surface area contributed by atoms with Crippen molar-refractivity contribution in [2.45, 2.75) is 5.92 Å². The van der Waals surface area contributed by atoms with E-state index < -0.39 is 0 Å². The van der Waals surface area contributed by atoms with Crippen molar-refractivity contribution in [3.05, 3.63) is 66.1 Å². The summed E-state index contributed by atoms with van der Waals surface area (Å²) in [5, 5.41) is 1.27. The zero-order valence-corrected chi connectivity index (χ0v) is 11.0. The molecule has 0 spiro atoms. The van der Waals surface area contributed by atoms with Gasteiger partial charge in [0.15, 0.2) is 0 Å². The maximum Gasteiger partial charge on any atom is 0.0480 e. The second-order valence-electron chi connectivity index (χ2n) is 4.79. The van der Waals surface area contributed by atoms with E-state index in [1.807, 2.05) is 12.3 Å². The molecule has 3 heteroatoms. The fraction of sp³-hybridized carbons (Fsp3) is 0.188. The van der Waals surface area contributed by atoms with Crippen molar-refractivity contribution in [1.29, 1.82) is 0 Å². The molecule has 0 aliphatic rings. The predicted octanol–water partition coefficient (Wildman–Crippen LogP) is 2.66. The van der Waals surface area contributed by atoms with E-state index in [0.717, 1.165) is 0 Å². The predicted molar refractivity (Wildman–Crippen MR) is 78.1 cm³/mol. The summed E-state index contributed by atoms with van der Waals surface area (Å²) in [5.74, 6) is 0.194. The Bertz CT molecular complexity index is 686. The molecule has 0 saturated carbocycles. The second-order valence-corrected chi connectivity index (χ2v) is 4.79. The van der Waals surface area contributed by atoms with Crippen molar-refractivity contribution in [2.24, 2.45) is 12.8 Å². The van der Waals surface area contributed by atoms with Crippen LogP contribution < -0.4 is 5.73 Å². The van der Waals surface area contributed by atoms with Gasteiger partial charge >= 0.3 is 0 Å². The van der Waals surface area contributed by atoms with Gasteiger partial charge in [-0.1, -0.05) is 24.3 Å². The third kappa shape index (κ3) is 2.02. The molecular formula is C16H17N3. The molecule has 0 saturated heterocycles. The van der Waals surface area contributed by atoms with Crippen LogP contribution in [0.2, 0.25) is 0 Å². The number of aryl methyl sites for hydroxylation is 1. The summed E-state index contributed by atoms with van der Waals surface area (Å²) in [6.07, 6.45) is 5.87. The number of fused-ring (bicyclic) bond motifs is 1. The van der Waals surface area contributed by atoms with E-state index in [2.05, 4.69) is 53.1 Å². The molecule has 3 nitrogen and oxygen atoms in total. The minimum absolute atomic E-state index is 0.194. The highest BCUT2D eigenvalue weighted by Gasteiger charge is 2.17. The molecule has 2 aromatic heterocycles. The van der Waals surface area contributed by atoms with E-state index in [1.165, 1.54) is 22.0 Å². The van der Waals surface area contributed by atoms with Crippen molar-refractivity contribution >= 4 is 10.9 Å². The number of nitrogens with two attached hydrogens (primary N) is 1. The van der Waals surface area contributed by atoms with Gasteiger partial charge in [-0.05, 0) is 23.3 Å². The Hall–Kier alpha value is -2.13. The minimum atomic E-state index is 0.194. The van der Waals surface area contributed by atoms with Gasteiger partial charge in [0.25, 0.3) is 0 Å². The molecule has 0 aliphatic heterocycles. The lowest BCUT2D eigenvalue weighted by atomic mass is 9.92. The average molecular weight is 251 g/mol. The molecule has 2 N–H and O–H groups in total. The van der Waals surface area contributed by atoms with E-state index in [4.69, 9.17) is 5.73 Å². The van der Waals surface area contributed by atoms with Gasteiger partial charge in [-0.25, -0.2) is 0 Å². The van der Waals surface area contributed by atoms with Crippen molar-refractivity contribution in [2.75, 3.05) is 6.54 Å². The molecule has 1 atom stereocenters.